The van der Waals surface area contributed by atoms with Crippen LogP contribution in [0.15, 0.2) is 52.3 Å². The summed E-state index contributed by atoms with van der Waals surface area (Å²) in [5, 5.41) is 8.80. The van der Waals surface area contributed by atoms with Crippen molar-refractivity contribution in [2.24, 2.45) is 0 Å². The zero-order chi connectivity index (χ0) is 13.0. The van der Waals surface area contributed by atoms with Crippen LogP contribution in [0.2, 0.25) is 0 Å². The summed E-state index contributed by atoms with van der Waals surface area (Å²) in [6.45, 7) is 2.03. The van der Waals surface area contributed by atoms with Gasteiger partial charge in [-0.05, 0) is 37.3 Å². The fourth-order valence-corrected chi connectivity index (χ4v) is 2.42. The molecule has 0 aromatic heterocycles. The summed E-state index contributed by atoms with van der Waals surface area (Å²) in [5.41, 5.74) is 2.26. The molecule has 0 radical (unpaired) electrons. The second kappa shape index (κ2) is 5.52. The van der Waals surface area contributed by atoms with E-state index in [9.17, 15) is 4.79 Å². The number of aldehydes is 1. The molecule has 0 bridgehead atoms. The van der Waals surface area contributed by atoms with Gasteiger partial charge in [0.15, 0.2) is 6.29 Å². The number of carbonyl (C=O) groups is 1. The molecule has 0 saturated heterocycles. The molecule has 2 nitrogen and oxygen atoms in total. The smallest absolute Gasteiger partial charge is 0.151 e. The number of hydrogen-bond donors (Lipinski definition) is 0. The fourth-order valence-electron chi connectivity index (χ4n) is 1.54. The Morgan fingerprint density at radius 3 is 2.50 bits per heavy atom. The monoisotopic (exact) mass is 253 g/mol. The van der Waals surface area contributed by atoms with Crippen LogP contribution in [-0.2, 0) is 0 Å². The molecule has 0 atom stereocenters. The molecule has 88 valence electrons. The largest absolute Gasteiger partial charge is 0.298 e. The zero-order valence-electron chi connectivity index (χ0n) is 9.88. The van der Waals surface area contributed by atoms with Crippen molar-refractivity contribution in [3.63, 3.8) is 0 Å². The van der Waals surface area contributed by atoms with Gasteiger partial charge in [-0.15, -0.1) is 0 Å². The molecule has 0 heterocycles. The number of hydrogen-bond acceptors (Lipinski definition) is 3. The van der Waals surface area contributed by atoms with Gasteiger partial charge in [0.2, 0.25) is 0 Å². The topological polar surface area (TPSA) is 40.9 Å². The van der Waals surface area contributed by atoms with E-state index in [4.69, 9.17) is 5.26 Å². The van der Waals surface area contributed by atoms with Gasteiger partial charge in [0.1, 0.15) is 0 Å². The van der Waals surface area contributed by atoms with Crippen LogP contribution in [0.25, 0.3) is 0 Å². The quantitative estimate of drug-likeness (QED) is 0.780. The van der Waals surface area contributed by atoms with Crippen molar-refractivity contribution in [1.82, 2.24) is 0 Å². The first-order valence-electron chi connectivity index (χ1n) is 5.47. The van der Waals surface area contributed by atoms with E-state index in [0.29, 0.717) is 11.1 Å². The second-order valence-corrected chi connectivity index (χ2v) is 5.01. The molecule has 3 heteroatoms. The van der Waals surface area contributed by atoms with E-state index in [1.807, 2.05) is 43.3 Å². The maximum Gasteiger partial charge on any atom is 0.151 e. The summed E-state index contributed by atoms with van der Waals surface area (Å²) in [6, 6.07) is 15.3. The highest BCUT2D eigenvalue weighted by atomic mass is 32.2. The van der Waals surface area contributed by atoms with E-state index < -0.39 is 0 Å². The second-order valence-electron chi connectivity index (χ2n) is 3.90. The minimum Gasteiger partial charge on any atom is -0.298 e. The number of rotatable bonds is 3. The summed E-state index contributed by atoms with van der Waals surface area (Å²) >= 11 is 1.53. The Balaban J connectivity index is 2.31. The Morgan fingerprint density at radius 2 is 1.89 bits per heavy atom. The van der Waals surface area contributed by atoms with E-state index in [1.54, 1.807) is 12.1 Å². The van der Waals surface area contributed by atoms with Crippen molar-refractivity contribution in [2.75, 3.05) is 0 Å². The maximum absolute atomic E-state index is 11.0. The summed E-state index contributed by atoms with van der Waals surface area (Å²) < 4.78 is 0. The van der Waals surface area contributed by atoms with Crippen molar-refractivity contribution in [2.45, 2.75) is 16.7 Å². The lowest BCUT2D eigenvalue weighted by Crippen LogP contribution is -1.87. The third kappa shape index (κ3) is 2.79. The fraction of sp³-hybridized carbons (Fsp3) is 0.0667. The minimum absolute atomic E-state index is 0.505. The number of nitrogens with zero attached hydrogens (tertiary/aromatic N) is 1. The highest BCUT2D eigenvalue weighted by molar-refractivity contribution is 7.99. The minimum atomic E-state index is 0.505. The summed E-state index contributed by atoms with van der Waals surface area (Å²) in [4.78, 5) is 13.0. The van der Waals surface area contributed by atoms with Gasteiger partial charge in [-0.25, -0.2) is 0 Å². The zero-order valence-corrected chi connectivity index (χ0v) is 10.7. The number of benzene rings is 2. The van der Waals surface area contributed by atoms with Crippen molar-refractivity contribution < 1.29 is 4.79 Å². The van der Waals surface area contributed by atoms with Crippen LogP contribution in [0.5, 0.6) is 0 Å². The number of carbonyl (C=O) groups excluding carboxylic acids is 1. The molecule has 18 heavy (non-hydrogen) atoms. The first-order chi connectivity index (χ1) is 8.72. The molecular formula is C15H11NOS. The van der Waals surface area contributed by atoms with Crippen LogP contribution in [0.3, 0.4) is 0 Å². The van der Waals surface area contributed by atoms with E-state index in [-0.39, 0.29) is 0 Å². The van der Waals surface area contributed by atoms with Gasteiger partial charge < -0.3 is 0 Å². The Hall–Kier alpha value is -2.05. The lowest BCUT2D eigenvalue weighted by Gasteiger charge is -2.05. The van der Waals surface area contributed by atoms with E-state index in [1.165, 1.54) is 17.3 Å². The molecule has 0 aliphatic rings. The van der Waals surface area contributed by atoms with Crippen LogP contribution in [0.1, 0.15) is 21.5 Å². The molecule has 0 saturated carbocycles. The third-order valence-electron chi connectivity index (χ3n) is 2.51. The lowest BCUT2D eigenvalue weighted by atomic mass is 10.1. The maximum atomic E-state index is 11.0. The Bertz CT molecular complexity index is 611. The van der Waals surface area contributed by atoms with Gasteiger partial charge >= 0.3 is 0 Å². The molecule has 0 amide bonds. The van der Waals surface area contributed by atoms with E-state index >= 15 is 0 Å². The molecular weight excluding hydrogens is 242 g/mol. The first-order valence-corrected chi connectivity index (χ1v) is 6.28. The Kier molecular flexibility index (Phi) is 3.81. The van der Waals surface area contributed by atoms with Crippen LogP contribution >= 0.6 is 11.8 Å². The van der Waals surface area contributed by atoms with Crippen molar-refractivity contribution >= 4 is 18.0 Å². The van der Waals surface area contributed by atoms with Gasteiger partial charge in [0, 0.05) is 15.4 Å². The summed E-state index contributed by atoms with van der Waals surface area (Å²) in [5.74, 6) is 0. The predicted molar refractivity (Wildman–Crippen MR) is 71.8 cm³/mol. The molecule has 0 unspecified atom stereocenters. The highest BCUT2D eigenvalue weighted by Gasteiger charge is 2.05. The first kappa shape index (κ1) is 12.4. The van der Waals surface area contributed by atoms with Crippen LogP contribution < -0.4 is 0 Å². The molecule has 2 rings (SSSR count). The normalized spacial score (nSPS) is 9.78. The van der Waals surface area contributed by atoms with Crippen molar-refractivity contribution in [1.29, 1.82) is 5.26 Å². The average Bonchev–Trinajstić information content (AvgIpc) is 2.41. The summed E-state index contributed by atoms with van der Waals surface area (Å²) in [6.07, 6.45) is 0.789. The molecule has 0 fully saturated rings. The molecule has 2 aromatic carbocycles. The van der Waals surface area contributed by atoms with Gasteiger partial charge in [-0.2, -0.15) is 5.26 Å². The molecule has 0 N–H and O–H groups in total. The lowest BCUT2D eigenvalue weighted by molar-refractivity contribution is 0.112. The van der Waals surface area contributed by atoms with E-state index in [2.05, 4.69) is 0 Å². The van der Waals surface area contributed by atoms with Gasteiger partial charge in [0.25, 0.3) is 0 Å². The van der Waals surface area contributed by atoms with E-state index in [0.717, 1.165) is 16.1 Å². The molecule has 0 aliphatic heterocycles. The highest BCUT2D eigenvalue weighted by Crippen LogP contribution is 2.30. The third-order valence-corrected chi connectivity index (χ3v) is 3.61. The van der Waals surface area contributed by atoms with Crippen LogP contribution in [0, 0.1) is 18.3 Å². The van der Waals surface area contributed by atoms with Gasteiger partial charge in [-0.1, -0.05) is 29.5 Å². The SMILES string of the molecule is Cc1ccc(Sc2ccc(C#N)cc2C=O)cc1. The summed E-state index contributed by atoms with van der Waals surface area (Å²) in [7, 11) is 0. The van der Waals surface area contributed by atoms with Crippen LogP contribution in [-0.4, -0.2) is 6.29 Å². The number of aryl methyl sites for hydroxylation is 1. The van der Waals surface area contributed by atoms with Gasteiger partial charge in [-0.3, -0.25) is 4.79 Å². The van der Waals surface area contributed by atoms with Crippen LogP contribution in [0.4, 0.5) is 0 Å². The number of nitriles is 1. The average molecular weight is 253 g/mol. The van der Waals surface area contributed by atoms with Crippen molar-refractivity contribution in [3.8, 4) is 6.07 Å². The Labute approximate surface area is 110 Å². The molecule has 0 spiro atoms. The van der Waals surface area contributed by atoms with Gasteiger partial charge in [0.05, 0.1) is 11.6 Å². The molecule has 2 aromatic rings. The molecule has 0 aliphatic carbocycles. The predicted octanol–water partition coefficient (Wildman–Crippen LogP) is 3.83. The van der Waals surface area contributed by atoms with Crippen molar-refractivity contribution in [3.05, 3.63) is 59.2 Å². The standard InChI is InChI=1S/C15H11NOS/c1-11-2-5-14(6-3-11)18-15-7-4-12(9-16)8-13(15)10-17/h2-8,10H,1H3. The Morgan fingerprint density at radius 1 is 1.17 bits per heavy atom.